The summed E-state index contributed by atoms with van der Waals surface area (Å²) in [5.74, 6) is -0.713. The molecule has 0 bridgehead atoms. The van der Waals surface area contributed by atoms with Gasteiger partial charge >= 0.3 is 5.97 Å². The van der Waals surface area contributed by atoms with E-state index < -0.39 is 12.1 Å². The highest BCUT2D eigenvalue weighted by molar-refractivity contribution is 7.18. The van der Waals surface area contributed by atoms with Crippen LogP contribution in [-0.4, -0.2) is 48.1 Å². The van der Waals surface area contributed by atoms with E-state index >= 15 is 0 Å². The molecule has 0 saturated carbocycles. The van der Waals surface area contributed by atoms with Gasteiger partial charge in [-0.3, -0.25) is 4.79 Å². The average Bonchev–Trinajstić information content (AvgIpc) is 3.26. The molecule has 6 nitrogen and oxygen atoms in total. The number of amides is 1. The van der Waals surface area contributed by atoms with Crippen LogP contribution in [0.3, 0.4) is 0 Å². The summed E-state index contributed by atoms with van der Waals surface area (Å²) in [7, 11) is 1.69. The normalized spacial score (nSPS) is 18.5. The molecule has 0 N–H and O–H groups in total. The lowest BCUT2D eigenvalue weighted by molar-refractivity contribution is -0.160. The number of thiazole rings is 1. The number of hydrogen-bond acceptors (Lipinski definition) is 6. The molecule has 1 saturated heterocycles. The van der Waals surface area contributed by atoms with Gasteiger partial charge in [-0.05, 0) is 31.9 Å². The van der Waals surface area contributed by atoms with Crippen molar-refractivity contribution < 1.29 is 19.1 Å². The standard InChI is InChI=1S/C17H20N2O4S/c1-11(16-18-12-6-3-4-8-14(12)24-16)19(2)15(20)10-23-17(21)13-7-5-9-22-13/h3-4,6,8,11,13H,5,7,9-10H2,1-2H3/t11-,13+/m1/s1. The number of hydrogen-bond donors (Lipinski definition) is 0. The zero-order valence-electron chi connectivity index (χ0n) is 13.7. The van der Waals surface area contributed by atoms with Crippen molar-refractivity contribution in [2.24, 2.45) is 0 Å². The van der Waals surface area contributed by atoms with E-state index in [9.17, 15) is 9.59 Å². The first-order valence-electron chi connectivity index (χ1n) is 7.95. The van der Waals surface area contributed by atoms with Crippen molar-refractivity contribution in [3.63, 3.8) is 0 Å². The van der Waals surface area contributed by atoms with Crippen LogP contribution in [-0.2, 0) is 19.1 Å². The smallest absolute Gasteiger partial charge is 0.335 e. The molecule has 2 atom stereocenters. The SMILES string of the molecule is C[C@H](c1nc2ccccc2s1)N(C)C(=O)COC(=O)[C@@H]1CCCO1. The Hall–Kier alpha value is -1.99. The van der Waals surface area contributed by atoms with Gasteiger partial charge in [0.05, 0.1) is 16.3 Å². The van der Waals surface area contributed by atoms with Crippen LogP contribution in [0.1, 0.15) is 30.8 Å². The fourth-order valence-corrected chi connectivity index (χ4v) is 3.60. The van der Waals surface area contributed by atoms with Crippen molar-refractivity contribution in [2.75, 3.05) is 20.3 Å². The molecular weight excluding hydrogens is 328 g/mol. The summed E-state index contributed by atoms with van der Waals surface area (Å²) in [6.07, 6.45) is 0.984. The average molecular weight is 348 g/mol. The third kappa shape index (κ3) is 3.57. The molecule has 0 spiro atoms. The van der Waals surface area contributed by atoms with Crippen molar-refractivity contribution in [3.8, 4) is 0 Å². The molecule has 0 radical (unpaired) electrons. The van der Waals surface area contributed by atoms with Crippen molar-refractivity contribution >= 4 is 33.4 Å². The first-order valence-corrected chi connectivity index (χ1v) is 8.77. The minimum Gasteiger partial charge on any atom is -0.454 e. The quantitative estimate of drug-likeness (QED) is 0.777. The molecule has 1 aliphatic heterocycles. The Kier molecular flexibility index (Phi) is 5.11. The maximum absolute atomic E-state index is 12.3. The van der Waals surface area contributed by atoms with E-state index in [0.29, 0.717) is 13.0 Å². The predicted octanol–water partition coefficient (Wildman–Crippen LogP) is 2.54. The van der Waals surface area contributed by atoms with Crippen LogP contribution in [0.15, 0.2) is 24.3 Å². The van der Waals surface area contributed by atoms with Gasteiger partial charge in [0.15, 0.2) is 12.7 Å². The van der Waals surface area contributed by atoms with E-state index in [1.54, 1.807) is 23.3 Å². The topological polar surface area (TPSA) is 68.7 Å². The number of nitrogens with zero attached hydrogens (tertiary/aromatic N) is 2. The Bertz CT molecular complexity index is 706. The number of fused-ring (bicyclic) bond motifs is 1. The number of rotatable bonds is 5. The summed E-state index contributed by atoms with van der Waals surface area (Å²) in [6, 6.07) is 7.68. The molecule has 24 heavy (non-hydrogen) atoms. The van der Waals surface area contributed by atoms with Crippen LogP contribution in [0.4, 0.5) is 0 Å². The van der Waals surface area contributed by atoms with E-state index in [1.165, 1.54) is 0 Å². The summed E-state index contributed by atoms with van der Waals surface area (Å²) >= 11 is 1.56. The minimum absolute atomic E-state index is 0.184. The molecule has 7 heteroatoms. The molecule has 1 aliphatic rings. The van der Waals surface area contributed by atoms with Gasteiger partial charge in [0.1, 0.15) is 5.01 Å². The highest BCUT2D eigenvalue weighted by Gasteiger charge is 2.27. The van der Waals surface area contributed by atoms with E-state index in [4.69, 9.17) is 9.47 Å². The van der Waals surface area contributed by atoms with Gasteiger partial charge in [0.2, 0.25) is 0 Å². The Balaban J connectivity index is 1.58. The Morgan fingerprint density at radius 3 is 2.96 bits per heavy atom. The third-order valence-electron chi connectivity index (χ3n) is 4.17. The van der Waals surface area contributed by atoms with Crippen molar-refractivity contribution in [1.82, 2.24) is 9.88 Å². The van der Waals surface area contributed by atoms with Gasteiger partial charge < -0.3 is 14.4 Å². The first-order chi connectivity index (χ1) is 11.6. The Morgan fingerprint density at radius 1 is 1.46 bits per heavy atom. The van der Waals surface area contributed by atoms with Crippen LogP contribution >= 0.6 is 11.3 Å². The molecule has 2 aromatic rings. The summed E-state index contributed by atoms with van der Waals surface area (Å²) in [4.78, 5) is 30.2. The van der Waals surface area contributed by atoms with Gasteiger partial charge in [0, 0.05) is 13.7 Å². The monoisotopic (exact) mass is 348 g/mol. The second-order valence-corrected chi connectivity index (χ2v) is 6.87. The highest BCUT2D eigenvalue weighted by atomic mass is 32.1. The fourth-order valence-electron chi connectivity index (χ4n) is 2.54. The summed E-state index contributed by atoms with van der Waals surface area (Å²) < 4.78 is 11.4. The van der Waals surface area contributed by atoms with Crippen LogP contribution in [0.5, 0.6) is 0 Å². The van der Waals surface area contributed by atoms with E-state index in [0.717, 1.165) is 21.6 Å². The molecule has 0 unspecified atom stereocenters. The maximum atomic E-state index is 12.3. The van der Waals surface area contributed by atoms with E-state index in [-0.39, 0.29) is 18.6 Å². The number of aromatic nitrogens is 1. The molecule has 1 fully saturated rings. The number of carbonyl (C=O) groups excluding carboxylic acids is 2. The Labute approximate surface area is 144 Å². The van der Waals surface area contributed by atoms with E-state index in [2.05, 4.69) is 4.98 Å². The van der Waals surface area contributed by atoms with Crippen LogP contribution in [0, 0.1) is 0 Å². The van der Waals surface area contributed by atoms with Crippen LogP contribution in [0.2, 0.25) is 0 Å². The van der Waals surface area contributed by atoms with E-state index in [1.807, 2.05) is 31.2 Å². The summed E-state index contributed by atoms with van der Waals surface area (Å²) in [5, 5.41) is 0.859. The number of para-hydroxylation sites is 1. The molecule has 1 aromatic heterocycles. The number of esters is 1. The molecule has 0 aliphatic carbocycles. The zero-order chi connectivity index (χ0) is 17.1. The minimum atomic E-state index is -0.523. The number of benzene rings is 1. The second kappa shape index (κ2) is 7.27. The van der Waals surface area contributed by atoms with Gasteiger partial charge in [-0.25, -0.2) is 9.78 Å². The maximum Gasteiger partial charge on any atom is 0.335 e. The van der Waals surface area contributed by atoms with Crippen molar-refractivity contribution in [2.45, 2.75) is 31.9 Å². The highest BCUT2D eigenvalue weighted by Crippen LogP contribution is 2.28. The van der Waals surface area contributed by atoms with Crippen molar-refractivity contribution in [1.29, 1.82) is 0 Å². The van der Waals surface area contributed by atoms with Gasteiger partial charge in [-0.15, -0.1) is 11.3 Å². The summed E-state index contributed by atoms with van der Waals surface area (Å²) in [6.45, 7) is 2.21. The molecule has 1 aromatic carbocycles. The third-order valence-corrected chi connectivity index (χ3v) is 5.38. The fraction of sp³-hybridized carbons (Fsp3) is 0.471. The number of ether oxygens (including phenoxy) is 2. The van der Waals surface area contributed by atoms with Gasteiger partial charge in [-0.2, -0.15) is 0 Å². The van der Waals surface area contributed by atoms with Gasteiger partial charge in [-0.1, -0.05) is 12.1 Å². The predicted molar refractivity (Wildman–Crippen MR) is 90.7 cm³/mol. The lowest BCUT2D eigenvalue weighted by Gasteiger charge is -2.23. The van der Waals surface area contributed by atoms with Gasteiger partial charge in [0.25, 0.3) is 5.91 Å². The first kappa shape index (κ1) is 16.9. The molecule has 3 rings (SSSR count). The van der Waals surface area contributed by atoms with Crippen molar-refractivity contribution in [3.05, 3.63) is 29.3 Å². The molecule has 1 amide bonds. The largest absolute Gasteiger partial charge is 0.454 e. The molecular formula is C17H20N2O4S. The number of carbonyl (C=O) groups is 2. The summed E-state index contributed by atoms with van der Waals surface area (Å²) in [5.41, 5.74) is 0.926. The lowest BCUT2D eigenvalue weighted by Crippen LogP contribution is -2.35. The zero-order valence-corrected chi connectivity index (χ0v) is 14.5. The molecule has 128 valence electrons. The Morgan fingerprint density at radius 2 is 2.25 bits per heavy atom. The molecule has 2 heterocycles. The van der Waals surface area contributed by atoms with Crippen LogP contribution in [0.25, 0.3) is 10.2 Å². The lowest BCUT2D eigenvalue weighted by atomic mass is 10.2. The second-order valence-electron chi connectivity index (χ2n) is 5.81. The van der Waals surface area contributed by atoms with Crippen LogP contribution < -0.4 is 0 Å². The number of likely N-dealkylation sites (N-methyl/N-ethyl adjacent to an activating group) is 1.